The fraction of sp³-hybridized carbons (Fsp3) is 0.130. The van der Waals surface area contributed by atoms with Crippen molar-refractivity contribution in [3.63, 3.8) is 0 Å². The van der Waals surface area contributed by atoms with E-state index in [9.17, 15) is 14.0 Å². The van der Waals surface area contributed by atoms with Crippen molar-refractivity contribution in [1.29, 1.82) is 0 Å². The summed E-state index contributed by atoms with van der Waals surface area (Å²) in [7, 11) is 0. The molecule has 5 aromatic rings. The van der Waals surface area contributed by atoms with Gasteiger partial charge in [-0.3, -0.25) is 4.79 Å². The molecular formula is C23H19FN6O2. The summed E-state index contributed by atoms with van der Waals surface area (Å²) >= 11 is 0. The number of nitrogens with one attached hydrogen (secondary N) is 1. The van der Waals surface area contributed by atoms with Crippen LogP contribution in [0.2, 0.25) is 0 Å². The van der Waals surface area contributed by atoms with Gasteiger partial charge in [0.2, 0.25) is 5.91 Å². The third-order valence-corrected chi connectivity index (χ3v) is 5.29. The summed E-state index contributed by atoms with van der Waals surface area (Å²) in [5.41, 5.74) is 4.56. The van der Waals surface area contributed by atoms with Crippen molar-refractivity contribution in [2.45, 2.75) is 20.4 Å². The van der Waals surface area contributed by atoms with Crippen molar-refractivity contribution in [3.05, 3.63) is 88.4 Å². The molecule has 0 atom stereocenters. The number of anilines is 1. The minimum absolute atomic E-state index is 0.223. The largest absolute Gasteiger partial charge is 0.350 e. The van der Waals surface area contributed by atoms with E-state index in [2.05, 4.69) is 15.5 Å². The Labute approximate surface area is 181 Å². The number of nitrogens with zero attached hydrogens (tertiary/aromatic N) is 5. The smallest absolute Gasteiger partial charge is 0.324 e. The lowest BCUT2D eigenvalue weighted by atomic mass is 10.1. The van der Waals surface area contributed by atoms with Gasteiger partial charge in [-0.2, -0.15) is 5.10 Å². The molecule has 160 valence electrons. The molecule has 3 heterocycles. The van der Waals surface area contributed by atoms with Crippen molar-refractivity contribution in [2.75, 3.05) is 5.32 Å². The quantitative estimate of drug-likeness (QED) is 0.475. The zero-order valence-corrected chi connectivity index (χ0v) is 17.4. The minimum atomic E-state index is -0.428. The Bertz CT molecular complexity index is 1550. The highest BCUT2D eigenvalue weighted by Gasteiger charge is 2.16. The lowest BCUT2D eigenvalue weighted by Crippen LogP contribution is -2.28. The molecule has 0 radical (unpaired) electrons. The summed E-state index contributed by atoms with van der Waals surface area (Å²) in [6.07, 6.45) is 3.19. The molecule has 2 aromatic carbocycles. The number of aryl methyl sites for hydroxylation is 2. The lowest BCUT2D eigenvalue weighted by Gasteiger charge is -2.08. The maximum absolute atomic E-state index is 13.2. The van der Waals surface area contributed by atoms with Crippen LogP contribution in [0.4, 0.5) is 10.1 Å². The molecule has 3 aromatic heterocycles. The van der Waals surface area contributed by atoms with Crippen LogP contribution in [-0.4, -0.2) is 29.7 Å². The SMILES string of the molecule is Cc1ccc(C)c(NC(=O)Cn2nc3c4cc(-c5ccc(F)cc5)nn4ccn3c2=O)c1. The number of carbonyl (C=O) groups is 1. The summed E-state index contributed by atoms with van der Waals surface area (Å²) < 4.78 is 17.3. The Morgan fingerprint density at radius 2 is 1.81 bits per heavy atom. The van der Waals surface area contributed by atoms with Crippen LogP contribution in [0.5, 0.6) is 0 Å². The van der Waals surface area contributed by atoms with Crippen molar-refractivity contribution >= 4 is 22.8 Å². The average Bonchev–Trinajstić information content (AvgIpc) is 3.33. The Kier molecular flexibility index (Phi) is 4.58. The van der Waals surface area contributed by atoms with Gasteiger partial charge in [0, 0.05) is 23.6 Å². The van der Waals surface area contributed by atoms with Gasteiger partial charge < -0.3 is 5.32 Å². The molecule has 0 aliphatic rings. The number of halogens is 1. The minimum Gasteiger partial charge on any atom is -0.324 e. The summed E-state index contributed by atoms with van der Waals surface area (Å²) in [6.45, 7) is 3.62. The molecule has 0 saturated heterocycles. The normalized spacial score (nSPS) is 11.3. The van der Waals surface area contributed by atoms with Gasteiger partial charge in [0.05, 0.1) is 5.69 Å². The third kappa shape index (κ3) is 3.43. The lowest BCUT2D eigenvalue weighted by molar-refractivity contribution is -0.117. The molecule has 1 amide bonds. The van der Waals surface area contributed by atoms with Gasteiger partial charge in [-0.05, 0) is 61.4 Å². The van der Waals surface area contributed by atoms with Crippen LogP contribution in [0.3, 0.4) is 0 Å². The first-order valence-electron chi connectivity index (χ1n) is 10.00. The molecule has 0 spiro atoms. The molecule has 0 unspecified atom stereocenters. The molecule has 1 N–H and O–H groups in total. The van der Waals surface area contributed by atoms with E-state index in [0.29, 0.717) is 22.5 Å². The van der Waals surface area contributed by atoms with Crippen LogP contribution in [0.25, 0.3) is 22.4 Å². The van der Waals surface area contributed by atoms with Crippen molar-refractivity contribution < 1.29 is 9.18 Å². The molecule has 0 aliphatic carbocycles. The summed E-state index contributed by atoms with van der Waals surface area (Å²) in [5.74, 6) is -0.676. The first-order chi connectivity index (χ1) is 15.4. The first kappa shape index (κ1) is 19.7. The Hall–Kier alpha value is -4.27. The molecule has 9 heteroatoms. The molecule has 0 fully saturated rings. The Balaban J connectivity index is 1.49. The van der Waals surface area contributed by atoms with E-state index in [1.165, 1.54) is 16.5 Å². The van der Waals surface area contributed by atoms with E-state index in [0.717, 1.165) is 21.4 Å². The molecule has 0 aliphatic heterocycles. The molecule has 5 rings (SSSR count). The third-order valence-electron chi connectivity index (χ3n) is 5.29. The standard InChI is InChI=1S/C23H19FN6O2/c1-14-3-4-15(2)18(11-14)25-21(31)13-30-23(32)28-9-10-29-20(22(28)27-30)12-19(26-29)16-5-7-17(24)8-6-16/h3-12H,13H2,1-2H3,(H,25,31). The highest BCUT2D eigenvalue weighted by Crippen LogP contribution is 2.21. The van der Waals surface area contributed by atoms with Crippen molar-refractivity contribution in [3.8, 4) is 11.3 Å². The number of hydrogen-bond donors (Lipinski definition) is 1. The van der Waals surface area contributed by atoms with Gasteiger partial charge in [0.25, 0.3) is 0 Å². The number of fused-ring (bicyclic) bond motifs is 3. The second kappa shape index (κ2) is 7.45. The van der Waals surface area contributed by atoms with E-state index in [1.807, 2.05) is 32.0 Å². The number of rotatable bonds is 4. The Morgan fingerprint density at radius 3 is 2.59 bits per heavy atom. The van der Waals surface area contributed by atoms with Crippen LogP contribution in [0.1, 0.15) is 11.1 Å². The van der Waals surface area contributed by atoms with E-state index >= 15 is 0 Å². The number of aromatic nitrogens is 5. The highest BCUT2D eigenvalue weighted by molar-refractivity contribution is 5.91. The van der Waals surface area contributed by atoms with Gasteiger partial charge >= 0.3 is 5.69 Å². The summed E-state index contributed by atoms with van der Waals surface area (Å²) in [5, 5.41) is 11.7. The predicted molar refractivity (Wildman–Crippen MR) is 118 cm³/mol. The van der Waals surface area contributed by atoms with Crippen molar-refractivity contribution in [2.24, 2.45) is 0 Å². The molecule has 0 saturated carbocycles. The highest BCUT2D eigenvalue weighted by atomic mass is 19.1. The predicted octanol–water partition coefficient (Wildman–Crippen LogP) is 3.21. The van der Waals surface area contributed by atoms with Crippen molar-refractivity contribution in [1.82, 2.24) is 23.8 Å². The van der Waals surface area contributed by atoms with Gasteiger partial charge in [0.1, 0.15) is 17.9 Å². The van der Waals surface area contributed by atoms with Crippen LogP contribution in [0.15, 0.2) is 65.7 Å². The monoisotopic (exact) mass is 430 g/mol. The second-order valence-corrected chi connectivity index (χ2v) is 7.66. The van der Waals surface area contributed by atoms with Crippen LogP contribution in [0, 0.1) is 19.7 Å². The first-order valence-corrected chi connectivity index (χ1v) is 10.00. The van der Waals surface area contributed by atoms with Gasteiger partial charge in [0.15, 0.2) is 5.65 Å². The van der Waals surface area contributed by atoms with E-state index in [4.69, 9.17) is 0 Å². The van der Waals surface area contributed by atoms with Gasteiger partial charge in [-0.15, -0.1) is 5.10 Å². The number of hydrogen-bond acceptors (Lipinski definition) is 4. The molecular weight excluding hydrogens is 411 g/mol. The molecule has 0 bridgehead atoms. The maximum Gasteiger partial charge on any atom is 0.350 e. The average molecular weight is 430 g/mol. The molecule has 8 nitrogen and oxygen atoms in total. The number of carbonyl (C=O) groups excluding carboxylic acids is 1. The van der Waals surface area contributed by atoms with Crippen LogP contribution < -0.4 is 11.0 Å². The fourth-order valence-electron chi connectivity index (χ4n) is 3.60. The zero-order valence-electron chi connectivity index (χ0n) is 17.4. The van der Waals surface area contributed by atoms with E-state index < -0.39 is 5.69 Å². The fourth-order valence-corrected chi connectivity index (χ4v) is 3.60. The molecule has 32 heavy (non-hydrogen) atoms. The summed E-state index contributed by atoms with van der Waals surface area (Å²) in [4.78, 5) is 25.4. The zero-order chi connectivity index (χ0) is 22.4. The van der Waals surface area contributed by atoms with E-state index in [1.54, 1.807) is 35.1 Å². The number of amides is 1. The van der Waals surface area contributed by atoms with E-state index in [-0.39, 0.29) is 18.3 Å². The Morgan fingerprint density at radius 1 is 1.03 bits per heavy atom. The maximum atomic E-state index is 13.2. The topological polar surface area (TPSA) is 85.7 Å². The second-order valence-electron chi connectivity index (χ2n) is 7.66. The number of benzene rings is 2. The van der Waals surface area contributed by atoms with Gasteiger partial charge in [-0.1, -0.05) is 12.1 Å². The van der Waals surface area contributed by atoms with Crippen LogP contribution >= 0.6 is 0 Å². The van der Waals surface area contributed by atoms with Crippen LogP contribution in [-0.2, 0) is 11.3 Å². The summed E-state index contributed by atoms with van der Waals surface area (Å²) in [6, 6.07) is 13.5. The van der Waals surface area contributed by atoms with Gasteiger partial charge in [-0.25, -0.2) is 22.8 Å².